The minimum atomic E-state index is -0.783. The third-order valence-electron chi connectivity index (χ3n) is 4.96. The molecule has 2 aromatic carbocycles. The minimum absolute atomic E-state index is 0.0609. The Morgan fingerprint density at radius 1 is 0.968 bits per heavy atom. The largest absolute Gasteiger partial charge is 0.348 e. The van der Waals surface area contributed by atoms with E-state index in [9.17, 15) is 29.8 Å². The van der Waals surface area contributed by atoms with E-state index in [1.807, 2.05) is 39.0 Å². The van der Waals surface area contributed by atoms with Crippen molar-refractivity contribution in [2.75, 3.05) is 0 Å². The molecule has 0 saturated heterocycles. The number of amides is 2. The van der Waals surface area contributed by atoms with E-state index in [1.165, 1.54) is 0 Å². The highest BCUT2D eigenvalue weighted by Crippen LogP contribution is 2.28. The van der Waals surface area contributed by atoms with Gasteiger partial charge in [0.2, 0.25) is 5.91 Å². The number of nitrogens with zero attached hydrogens (tertiary/aromatic N) is 3. The van der Waals surface area contributed by atoms with Crippen LogP contribution in [0.3, 0.4) is 0 Å². The Morgan fingerprint density at radius 3 is 2.10 bits per heavy atom. The van der Waals surface area contributed by atoms with Gasteiger partial charge in [0.05, 0.1) is 21.5 Å². The van der Waals surface area contributed by atoms with Crippen LogP contribution in [0.1, 0.15) is 47.8 Å². The molecule has 0 fully saturated rings. The van der Waals surface area contributed by atoms with Crippen LogP contribution in [0, 0.1) is 25.6 Å². The summed E-state index contributed by atoms with van der Waals surface area (Å²) in [7, 11) is 0. The van der Waals surface area contributed by atoms with Gasteiger partial charge >= 0.3 is 0 Å². The van der Waals surface area contributed by atoms with Gasteiger partial charge in [0, 0.05) is 37.2 Å². The monoisotopic (exact) mass is 426 g/mol. The molecule has 0 bridgehead atoms. The Morgan fingerprint density at radius 2 is 1.55 bits per heavy atom. The zero-order valence-corrected chi connectivity index (χ0v) is 17.4. The van der Waals surface area contributed by atoms with Gasteiger partial charge in [-0.05, 0) is 16.7 Å². The molecule has 1 aliphatic heterocycles. The maximum Gasteiger partial charge on any atom is 0.277 e. The van der Waals surface area contributed by atoms with Crippen molar-refractivity contribution in [3.8, 4) is 0 Å². The molecule has 10 heteroatoms. The van der Waals surface area contributed by atoms with Crippen LogP contribution in [-0.2, 0) is 24.4 Å². The second-order valence-electron chi connectivity index (χ2n) is 8.45. The summed E-state index contributed by atoms with van der Waals surface area (Å²) in [5.74, 6) is -0.595. The molecule has 162 valence electrons. The molecule has 0 radical (unpaired) electrons. The normalized spacial score (nSPS) is 12.9. The van der Waals surface area contributed by atoms with Crippen molar-refractivity contribution < 1.29 is 19.4 Å². The highest BCUT2D eigenvalue weighted by atomic mass is 16.6. The summed E-state index contributed by atoms with van der Waals surface area (Å²) in [4.78, 5) is 47.2. The number of hydrogen-bond donors (Lipinski definition) is 1. The molecular weight excluding hydrogens is 404 g/mol. The number of non-ortho nitro benzene ring substituents is 2. The first kappa shape index (κ1) is 21.9. The molecule has 1 aliphatic rings. The average molecular weight is 426 g/mol. The lowest BCUT2D eigenvalue weighted by atomic mass is 9.95. The maximum absolute atomic E-state index is 12.5. The van der Waals surface area contributed by atoms with E-state index in [-0.39, 0.29) is 18.0 Å². The summed E-state index contributed by atoms with van der Waals surface area (Å²) in [5.41, 5.74) is 1.14. The number of rotatable bonds is 5. The van der Waals surface area contributed by atoms with E-state index in [0.717, 1.165) is 34.9 Å². The molecule has 0 unspecified atom stereocenters. The first-order chi connectivity index (χ1) is 14.5. The molecule has 0 aromatic heterocycles. The van der Waals surface area contributed by atoms with Crippen LogP contribution in [-0.4, -0.2) is 26.6 Å². The van der Waals surface area contributed by atoms with Gasteiger partial charge in [0.1, 0.15) is 0 Å². The van der Waals surface area contributed by atoms with E-state index in [0.29, 0.717) is 13.1 Å². The molecule has 0 spiro atoms. The molecule has 2 aromatic rings. The number of hydrogen-bond acceptors (Lipinski definition) is 6. The summed E-state index contributed by atoms with van der Waals surface area (Å²) in [6.07, 6.45) is 0. The van der Waals surface area contributed by atoms with Crippen LogP contribution in [0.15, 0.2) is 36.4 Å². The lowest BCUT2D eigenvalue weighted by Crippen LogP contribution is -2.35. The van der Waals surface area contributed by atoms with Crippen LogP contribution in [0.2, 0.25) is 0 Å². The minimum Gasteiger partial charge on any atom is -0.348 e. The highest BCUT2D eigenvalue weighted by Gasteiger charge is 2.31. The molecule has 2 amide bonds. The Kier molecular flexibility index (Phi) is 5.74. The lowest BCUT2D eigenvalue weighted by molar-refractivity contribution is -0.394. The van der Waals surface area contributed by atoms with E-state index in [1.54, 1.807) is 4.90 Å². The molecule has 0 aliphatic carbocycles. The molecule has 0 atom stereocenters. The molecular formula is C21H22N4O6. The zero-order valence-electron chi connectivity index (χ0n) is 17.4. The Hall–Kier alpha value is -3.82. The predicted octanol–water partition coefficient (Wildman–Crippen LogP) is 3.32. The fraction of sp³-hybridized carbons (Fsp3) is 0.333. The Bertz CT molecular complexity index is 1060. The van der Waals surface area contributed by atoms with Crippen molar-refractivity contribution in [3.63, 3.8) is 0 Å². The smallest absolute Gasteiger partial charge is 0.277 e. The quantitative estimate of drug-likeness (QED) is 0.575. The van der Waals surface area contributed by atoms with Gasteiger partial charge in [0.15, 0.2) is 0 Å². The third kappa shape index (κ3) is 4.85. The number of nitro groups is 2. The van der Waals surface area contributed by atoms with Gasteiger partial charge < -0.3 is 10.2 Å². The highest BCUT2D eigenvalue weighted by molar-refractivity contribution is 5.95. The van der Waals surface area contributed by atoms with Gasteiger partial charge in [0.25, 0.3) is 17.3 Å². The number of carbonyl (C=O) groups excluding carboxylic acids is 2. The van der Waals surface area contributed by atoms with Crippen LogP contribution < -0.4 is 5.32 Å². The van der Waals surface area contributed by atoms with Gasteiger partial charge in [-0.25, -0.2) is 0 Å². The predicted molar refractivity (Wildman–Crippen MR) is 111 cm³/mol. The molecule has 0 saturated carbocycles. The van der Waals surface area contributed by atoms with Crippen molar-refractivity contribution >= 4 is 23.2 Å². The van der Waals surface area contributed by atoms with Crippen LogP contribution in [0.5, 0.6) is 0 Å². The van der Waals surface area contributed by atoms with E-state index in [4.69, 9.17) is 0 Å². The SMILES string of the molecule is CC(C)(C)C(=O)N1Cc2ccc(CNC(=O)c3cc([N+](=O)[O-])cc([N+](=O)[O-])c3)cc2C1. The molecule has 1 N–H and O–H groups in total. The number of fused-ring (bicyclic) bond motifs is 1. The summed E-state index contributed by atoms with van der Waals surface area (Å²) >= 11 is 0. The number of nitrogens with one attached hydrogen (secondary N) is 1. The Labute approximate surface area is 178 Å². The van der Waals surface area contributed by atoms with Gasteiger partial charge in [-0.15, -0.1) is 0 Å². The molecule has 31 heavy (non-hydrogen) atoms. The van der Waals surface area contributed by atoms with Crippen LogP contribution in [0.4, 0.5) is 11.4 Å². The molecule has 10 nitrogen and oxygen atoms in total. The van der Waals surface area contributed by atoms with Gasteiger partial charge in [-0.3, -0.25) is 29.8 Å². The number of carbonyl (C=O) groups is 2. The van der Waals surface area contributed by atoms with E-state index < -0.39 is 32.5 Å². The van der Waals surface area contributed by atoms with E-state index in [2.05, 4.69) is 5.32 Å². The third-order valence-corrected chi connectivity index (χ3v) is 4.96. The maximum atomic E-state index is 12.5. The van der Waals surface area contributed by atoms with Crippen LogP contribution >= 0.6 is 0 Å². The van der Waals surface area contributed by atoms with Gasteiger partial charge in [-0.1, -0.05) is 39.0 Å². The molecule has 3 rings (SSSR count). The van der Waals surface area contributed by atoms with E-state index >= 15 is 0 Å². The first-order valence-corrected chi connectivity index (χ1v) is 9.58. The summed E-state index contributed by atoms with van der Waals surface area (Å²) in [6.45, 7) is 6.78. The van der Waals surface area contributed by atoms with Crippen molar-refractivity contribution in [2.24, 2.45) is 5.41 Å². The second-order valence-corrected chi connectivity index (χ2v) is 8.45. The lowest BCUT2D eigenvalue weighted by Gasteiger charge is -2.25. The molecule has 1 heterocycles. The topological polar surface area (TPSA) is 136 Å². The van der Waals surface area contributed by atoms with Crippen molar-refractivity contribution in [1.29, 1.82) is 0 Å². The van der Waals surface area contributed by atoms with Crippen molar-refractivity contribution in [1.82, 2.24) is 10.2 Å². The second kappa shape index (κ2) is 8.13. The zero-order chi connectivity index (χ0) is 22.9. The standard InChI is InChI=1S/C21H22N4O6/c1-21(2,3)20(27)23-11-14-5-4-13(6-16(14)12-23)10-22-19(26)15-7-17(24(28)29)9-18(8-15)25(30)31/h4-9H,10-12H2,1-3H3,(H,22,26). The fourth-order valence-electron chi connectivity index (χ4n) is 3.40. The van der Waals surface area contributed by atoms with Crippen molar-refractivity contribution in [3.05, 3.63) is 78.9 Å². The Balaban J connectivity index is 1.71. The average Bonchev–Trinajstić information content (AvgIpc) is 3.13. The summed E-state index contributed by atoms with van der Waals surface area (Å²) < 4.78 is 0. The number of benzene rings is 2. The van der Waals surface area contributed by atoms with Gasteiger partial charge in [-0.2, -0.15) is 0 Å². The van der Waals surface area contributed by atoms with Crippen LogP contribution in [0.25, 0.3) is 0 Å². The summed E-state index contributed by atoms with van der Waals surface area (Å²) in [6, 6.07) is 8.45. The number of nitro benzene ring substituents is 2. The first-order valence-electron chi connectivity index (χ1n) is 9.58. The van der Waals surface area contributed by atoms with Crippen molar-refractivity contribution in [2.45, 2.75) is 40.4 Å². The fourth-order valence-corrected chi connectivity index (χ4v) is 3.40. The summed E-state index contributed by atoms with van der Waals surface area (Å²) in [5, 5.41) is 24.6.